The van der Waals surface area contributed by atoms with Crippen molar-refractivity contribution in [1.29, 1.82) is 0 Å². The number of rotatable bonds is 23. The molecule has 0 N–H and O–H groups in total. The van der Waals surface area contributed by atoms with Crippen LogP contribution in [0.25, 0.3) is 0 Å². The van der Waals surface area contributed by atoms with Gasteiger partial charge in [0, 0.05) is 4.90 Å². The fourth-order valence-corrected chi connectivity index (χ4v) is 4.87. The third-order valence-electron chi connectivity index (χ3n) is 6.92. The molecule has 0 unspecified atom stereocenters. The summed E-state index contributed by atoms with van der Waals surface area (Å²) in [5, 5.41) is 0. The Morgan fingerprint density at radius 2 is 0.818 bits per heavy atom. The van der Waals surface area contributed by atoms with Crippen molar-refractivity contribution in [3.05, 3.63) is 29.3 Å². The lowest BCUT2D eigenvalue weighted by molar-refractivity contribution is 0.518. The van der Waals surface area contributed by atoms with E-state index in [4.69, 9.17) is 0 Å². The van der Waals surface area contributed by atoms with Gasteiger partial charge in [-0.1, -0.05) is 142 Å². The molecule has 0 heterocycles. The van der Waals surface area contributed by atoms with Crippen LogP contribution in [0.3, 0.4) is 0 Å². The van der Waals surface area contributed by atoms with Crippen LogP contribution in [0.5, 0.6) is 0 Å². The molecule has 0 bridgehead atoms. The summed E-state index contributed by atoms with van der Waals surface area (Å²) in [6.45, 7) is 2.29. The Hall–Kier alpha value is -0.570. The van der Waals surface area contributed by atoms with Crippen molar-refractivity contribution in [3.8, 4) is 0 Å². The van der Waals surface area contributed by atoms with E-state index in [1.54, 1.807) is 0 Å². The van der Waals surface area contributed by atoms with Gasteiger partial charge >= 0.3 is 0 Å². The zero-order valence-electron chi connectivity index (χ0n) is 21.6. The molecular weight excluding hydrogens is 430 g/mol. The topological polar surface area (TPSA) is 0 Å². The zero-order chi connectivity index (χ0) is 24.0. The number of halogens is 2. The second-order valence-corrected chi connectivity index (χ2v) is 10.6. The summed E-state index contributed by atoms with van der Waals surface area (Å²) in [6.07, 6.45) is 30.6. The maximum Gasteiger partial charge on any atom is 0.136 e. The van der Waals surface area contributed by atoms with Crippen LogP contribution in [0.1, 0.15) is 154 Å². The average Bonchev–Trinajstić information content (AvgIpc) is 2.80. The van der Waals surface area contributed by atoms with Crippen molar-refractivity contribution in [2.45, 2.75) is 159 Å². The van der Waals surface area contributed by atoms with Crippen molar-refractivity contribution in [1.82, 2.24) is 0 Å². The molecule has 3 heteroatoms. The first-order valence-electron chi connectivity index (χ1n) is 14.3. The number of unbranched alkanes of at least 4 members (excludes halogenated alkanes) is 21. The Morgan fingerprint density at radius 1 is 0.485 bits per heavy atom. The molecule has 0 spiro atoms. The van der Waals surface area contributed by atoms with Gasteiger partial charge in [0.1, 0.15) is 11.6 Å². The van der Waals surface area contributed by atoms with Crippen molar-refractivity contribution in [2.75, 3.05) is 0 Å². The van der Waals surface area contributed by atoms with Crippen LogP contribution < -0.4 is 0 Å². The minimum absolute atomic E-state index is 0.0883. The standard InChI is InChI=1S/C30H52F2S/c1-2-3-4-5-6-7-8-9-10-11-12-13-14-15-16-17-18-19-20-21-22-23-24-27-25-29(32)30(33)26-28(27)31/h25-26,33H,2-24H2,1H3. The summed E-state index contributed by atoms with van der Waals surface area (Å²) in [4.78, 5) is 0.0883. The summed E-state index contributed by atoms with van der Waals surface area (Å²) in [5.41, 5.74) is 0.485. The van der Waals surface area contributed by atoms with E-state index in [-0.39, 0.29) is 10.7 Å². The molecule has 0 aliphatic carbocycles. The Bertz CT molecular complexity index is 573. The lowest BCUT2D eigenvalue weighted by Crippen LogP contribution is -1.94. The van der Waals surface area contributed by atoms with Crippen LogP contribution in [0.2, 0.25) is 0 Å². The molecule has 1 rings (SSSR count). The largest absolute Gasteiger partial charge is 0.207 e. The third-order valence-corrected chi connectivity index (χ3v) is 7.26. The van der Waals surface area contributed by atoms with Gasteiger partial charge in [0.25, 0.3) is 0 Å². The van der Waals surface area contributed by atoms with Crippen molar-refractivity contribution < 1.29 is 8.78 Å². The van der Waals surface area contributed by atoms with Gasteiger partial charge in [0.2, 0.25) is 0 Å². The van der Waals surface area contributed by atoms with E-state index in [1.165, 1.54) is 141 Å². The van der Waals surface area contributed by atoms with E-state index >= 15 is 0 Å². The zero-order valence-corrected chi connectivity index (χ0v) is 22.5. The number of benzene rings is 1. The first kappa shape index (κ1) is 30.5. The lowest BCUT2D eigenvalue weighted by Gasteiger charge is -2.06. The first-order valence-corrected chi connectivity index (χ1v) is 14.8. The summed E-state index contributed by atoms with van der Waals surface area (Å²) in [5.74, 6) is -0.751. The smallest absolute Gasteiger partial charge is 0.136 e. The molecule has 0 saturated heterocycles. The normalized spacial score (nSPS) is 11.4. The highest BCUT2D eigenvalue weighted by atomic mass is 32.1. The van der Waals surface area contributed by atoms with Gasteiger partial charge in [0.05, 0.1) is 0 Å². The number of hydrogen-bond donors (Lipinski definition) is 1. The summed E-state index contributed by atoms with van der Waals surface area (Å²) in [7, 11) is 0. The predicted molar refractivity (Wildman–Crippen MR) is 145 cm³/mol. The average molecular weight is 483 g/mol. The van der Waals surface area contributed by atoms with Gasteiger partial charge < -0.3 is 0 Å². The number of aryl methyl sites for hydroxylation is 1. The third kappa shape index (κ3) is 17.5. The van der Waals surface area contributed by atoms with Crippen molar-refractivity contribution >= 4 is 12.6 Å². The minimum atomic E-state index is -0.423. The van der Waals surface area contributed by atoms with Gasteiger partial charge in [-0.05, 0) is 30.5 Å². The molecule has 1 aromatic rings. The predicted octanol–water partition coefficient (Wildman–Crippen LogP) is 11.4. The maximum absolute atomic E-state index is 13.8. The first-order chi connectivity index (χ1) is 16.1. The highest BCUT2D eigenvalue weighted by Crippen LogP contribution is 2.20. The molecule has 0 amide bonds. The molecule has 0 saturated carbocycles. The van der Waals surface area contributed by atoms with Crippen LogP contribution in [-0.4, -0.2) is 0 Å². The molecule has 0 atom stereocenters. The second kappa shape index (κ2) is 21.9. The molecule has 1 aromatic carbocycles. The van der Waals surface area contributed by atoms with Crippen LogP contribution in [0.15, 0.2) is 17.0 Å². The van der Waals surface area contributed by atoms with E-state index in [1.807, 2.05) is 0 Å². The highest BCUT2D eigenvalue weighted by molar-refractivity contribution is 7.80. The highest BCUT2D eigenvalue weighted by Gasteiger charge is 2.07. The number of thiol groups is 1. The van der Waals surface area contributed by atoms with E-state index < -0.39 is 5.82 Å². The summed E-state index contributed by atoms with van der Waals surface area (Å²) >= 11 is 3.92. The Morgan fingerprint density at radius 3 is 1.18 bits per heavy atom. The minimum Gasteiger partial charge on any atom is -0.207 e. The maximum atomic E-state index is 13.8. The summed E-state index contributed by atoms with van der Waals surface area (Å²) in [6, 6.07) is 2.49. The van der Waals surface area contributed by atoms with Gasteiger partial charge in [-0.25, -0.2) is 8.78 Å². The number of hydrogen-bond acceptors (Lipinski definition) is 1. The molecular formula is C30H52F2S. The Labute approximate surface area is 210 Å². The fraction of sp³-hybridized carbons (Fsp3) is 0.800. The molecule has 0 aromatic heterocycles. The quantitative estimate of drug-likeness (QED) is 0.116. The second-order valence-electron chi connectivity index (χ2n) is 10.1. The van der Waals surface area contributed by atoms with Crippen LogP contribution in [0, 0.1) is 11.6 Å². The molecule has 0 fully saturated rings. The van der Waals surface area contributed by atoms with Crippen molar-refractivity contribution in [3.63, 3.8) is 0 Å². The molecule has 33 heavy (non-hydrogen) atoms. The van der Waals surface area contributed by atoms with Crippen LogP contribution >= 0.6 is 12.6 Å². The van der Waals surface area contributed by atoms with Gasteiger partial charge in [-0.15, -0.1) is 12.6 Å². The lowest BCUT2D eigenvalue weighted by atomic mass is 10.0. The van der Waals surface area contributed by atoms with Crippen molar-refractivity contribution in [2.24, 2.45) is 0 Å². The van der Waals surface area contributed by atoms with E-state index in [0.29, 0.717) is 12.0 Å². The molecule has 192 valence electrons. The van der Waals surface area contributed by atoms with Gasteiger partial charge in [0.15, 0.2) is 0 Å². The van der Waals surface area contributed by atoms with Crippen LogP contribution in [0.4, 0.5) is 8.78 Å². The van der Waals surface area contributed by atoms with Gasteiger partial charge in [-0.3, -0.25) is 0 Å². The Balaban J connectivity index is 1.75. The molecule has 0 radical (unpaired) electrons. The molecule has 0 aliphatic heterocycles. The van der Waals surface area contributed by atoms with Crippen LogP contribution in [-0.2, 0) is 6.42 Å². The monoisotopic (exact) mass is 482 g/mol. The van der Waals surface area contributed by atoms with E-state index in [2.05, 4.69) is 19.6 Å². The SMILES string of the molecule is CCCCCCCCCCCCCCCCCCCCCCCCc1cc(F)c(S)cc1F. The molecule has 0 nitrogen and oxygen atoms in total. The van der Waals surface area contributed by atoms with Gasteiger partial charge in [-0.2, -0.15) is 0 Å². The molecule has 0 aliphatic rings. The fourth-order valence-electron chi connectivity index (χ4n) is 4.69. The summed E-state index contributed by atoms with van der Waals surface area (Å²) < 4.78 is 27.3. The van der Waals surface area contributed by atoms with E-state index in [9.17, 15) is 8.78 Å². The Kier molecular flexibility index (Phi) is 20.2. The van der Waals surface area contributed by atoms with E-state index in [0.717, 1.165) is 12.8 Å².